The summed E-state index contributed by atoms with van der Waals surface area (Å²) in [6.45, 7) is 2.21. The van der Waals surface area contributed by atoms with Crippen LogP contribution in [0, 0.1) is 0 Å². The maximum Gasteiger partial charge on any atom is 0.330 e. The summed E-state index contributed by atoms with van der Waals surface area (Å²) in [4.78, 5) is 41.2. The van der Waals surface area contributed by atoms with Gasteiger partial charge in [0.25, 0.3) is 5.56 Å². The van der Waals surface area contributed by atoms with Gasteiger partial charge in [0, 0.05) is 17.3 Å². The number of rotatable bonds is 7. The second-order valence-corrected chi connectivity index (χ2v) is 7.07. The number of amides is 1. The minimum atomic E-state index is -0.636. The minimum absolute atomic E-state index is 0.00810. The lowest BCUT2D eigenvalue weighted by molar-refractivity contribution is -0.115. The lowest BCUT2D eigenvalue weighted by atomic mass is 10.2. The summed E-state index contributed by atoms with van der Waals surface area (Å²) >= 11 is 5.85. The van der Waals surface area contributed by atoms with E-state index in [-0.39, 0.29) is 30.5 Å². The number of hydrogen-bond donors (Lipinski definition) is 3. The third-order valence-electron chi connectivity index (χ3n) is 4.56. The Kier molecular flexibility index (Phi) is 6.58. The van der Waals surface area contributed by atoms with Crippen LogP contribution in [0.4, 0.5) is 17.2 Å². The standard InChI is InChI=1S/C21H22ClN5O3/c1-2-26(13-17(28)24-16-10-8-15(22)9-11-16)18-19(23)27(21(30)25-20(18)29)12-14-6-4-3-5-7-14/h3-11H,2,12-13,23H2,1H3,(H,24,28)(H,25,29,30). The Labute approximate surface area is 177 Å². The van der Waals surface area contributed by atoms with Crippen LogP contribution in [0.3, 0.4) is 0 Å². The predicted molar refractivity (Wildman–Crippen MR) is 119 cm³/mol. The molecule has 1 amide bonds. The molecule has 0 aliphatic heterocycles. The summed E-state index contributed by atoms with van der Waals surface area (Å²) in [5.74, 6) is -0.326. The van der Waals surface area contributed by atoms with Gasteiger partial charge in [-0.3, -0.25) is 19.1 Å². The number of H-pyrrole nitrogens is 1. The molecule has 156 valence electrons. The Balaban J connectivity index is 1.87. The zero-order valence-electron chi connectivity index (χ0n) is 16.4. The molecule has 0 spiro atoms. The van der Waals surface area contributed by atoms with Gasteiger partial charge < -0.3 is 16.0 Å². The normalized spacial score (nSPS) is 10.6. The molecule has 0 radical (unpaired) electrons. The first kappa shape index (κ1) is 21.2. The Morgan fingerprint density at radius 1 is 1.13 bits per heavy atom. The van der Waals surface area contributed by atoms with Crippen LogP contribution in [0.1, 0.15) is 12.5 Å². The number of anilines is 3. The number of benzene rings is 2. The van der Waals surface area contributed by atoms with Crippen molar-refractivity contribution in [1.29, 1.82) is 0 Å². The average Bonchev–Trinajstić information content (AvgIpc) is 2.72. The van der Waals surface area contributed by atoms with Crippen LogP contribution >= 0.6 is 11.6 Å². The van der Waals surface area contributed by atoms with E-state index in [4.69, 9.17) is 17.3 Å². The van der Waals surface area contributed by atoms with Crippen molar-refractivity contribution >= 4 is 34.7 Å². The first-order valence-electron chi connectivity index (χ1n) is 9.36. The molecule has 3 rings (SSSR count). The molecular weight excluding hydrogens is 406 g/mol. The summed E-state index contributed by atoms with van der Waals surface area (Å²) in [7, 11) is 0. The largest absolute Gasteiger partial charge is 0.383 e. The maximum absolute atomic E-state index is 12.5. The quantitative estimate of drug-likeness (QED) is 0.535. The van der Waals surface area contributed by atoms with Crippen molar-refractivity contribution in [3.8, 4) is 0 Å². The second-order valence-electron chi connectivity index (χ2n) is 6.63. The Morgan fingerprint density at radius 2 is 1.80 bits per heavy atom. The molecule has 8 nitrogen and oxygen atoms in total. The maximum atomic E-state index is 12.5. The van der Waals surface area contributed by atoms with Crippen LogP contribution in [0.15, 0.2) is 64.2 Å². The van der Waals surface area contributed by atoms with Crippen LogP contribution in [0.5, 0.6) is 0 Å². The monoisotopic (exact) mass is 427 g/mol. The van der Waals surface area contributed by atoms with Crippen molar-refractivity contribution in [3.05, 3.63) is 86.0 Å². The molecule has 4 N–H and O–H groups in total. The number of likely N-dealkylation sites (N-methyl/N-ethyl adjacent to an activating group) is 1. The van der Waals surface area contributed by atoms with Crippen LogP contribution in [-0.4, -0.2) is 28.5 Å². The van der Waals surface area contributed by atoms with Gasteiger partial charge in [0.15, 0.2) is 0 Å². The lowest BCUT2D eigenvalue weighted by Gasteiger charge is -2.24. The number of nitrogens with zero attached hydrogens (tertiary/aromatic N) is 2. The molecule has 0 bridgehead atoms. The van der Waals surface area contributed by atoms with Crippen molar-refractivity contribution in [3.63, 3.8) is 0 Å². The molecule has 0 aliphatic rings. The van der Waals surface area contributed by atoms with Gasteiger partial charge in [0.1, 0.15) is 11.5 Å². The van der Waals surface area contributed by atoms with Gasteiger partial charge in [-0.25, -0.2) is 4.79 Å². The van der Waals surface area contributed by atoms with Crippen molar-refractivity contribution in [2.24, 2.45) is 0 Å². The molecule has 9 heteroatoms. The first-order valence-corrected chi connectivity index (χ1v) is 9.73. The van der Waals surface area contributed by atoms with E-state index in [0.717, 1.165) is 5.56 Å². The number of carbonyl (C=O) groups is 1. The lowest BCUT2D eigenvalue weighted by Crippen LogP contribution is -2.41. The highest BCUT2D eigenvalue weighted by atomic mass is 35.5. The molecule has 0 saturated heterocycles. The topological polar surface area (TPSA) is 113 Å². The highest BCUT2D eigenvalue weighted by Crippen LogP contribution is 2.18. The molecule has 0 saturated carbocycles. The summed E-state index contributed by atoms with van der Waals surface area (Å²) < 4.78 is 1.28. The summed E-state index contributed by atoms with van der Waals surface area (Å²) in [5.41, 5.74) is 6.49. The molecule has 3 aromatic rings. The zero-order chi connectivity index (χ0) is 21.7. The van der Waals surface area contributed by atoms with E-state index in [1.54, 1.807) is 31.2 Å². The van der Waals surface area contributed by atoms with Crippen molar-refractivity contribution in [2.75, 3.05) is 29.0 Å². The second kappa shape index (κ2) is 9.32. The smallest absolute Gasteiger partial charge is 0.330 e. The molecule has 0 atom stereocenters. The van der Waals surface area contributed by atoms with Crippen molar-refractivity contribution in [1.82, 2.24) is 9.55 Å². The third kappa shape index (κ3) is 4.90. The number of nitrogen functional groups attached to an aromatic ring is 1. The van der Waals surface area contributed by atoms with Gasteiger partial charge >= 0.3 is 5.69 Å². The molecule has 0 aliphatic carbocycles. The average molecular weight is 428 g/mol. The van der Waals surface area contributed by atoms with Crippen LogP contribution < -0.4 is 27.2 Å². The molecule has 2 aromatic carbocycles. The number of hydrogen-bond acceptors (Lipinski definition) is 5. The van der Waals surface area contributed by atoms with Gasteiger partial charge in [-0.05, 0) is 36.8 Å². The molecule has 1 aromatic heterocycles. The highest BCUT2D eigenvalue weighted by molar-refractivity contribution is 6.30. The Hall–Kier alpha value is -3.52. The van der Waals surface area contributed by atoms with E-state index >= 15 is 0 Å². The minimum Gasteiger partial charge on any atom is -0.383 e. The number of carbonyl (C=O) groups excluding carboxylic acids is 1. The Morgan fingerprint density at radius 3 is 2.43 bits per heavy atom. The number of aromatic nitrogens is 2. The first-order chi connectivity index (χ1) is 14.4. The van der Waals surface area contributed by atoms with Gasteiger partial charge in [-0.15, -0.1) is 0 Å². The molecular formula is C21H22ClN5O3. The molecule has 30 heavy (non-hydrogen) atoms. The summed E-state index contributed by atoms with van der Waals surface area (Å²) in [5, 5.41) is 3.31. The van der Waals surface area contributed by atoms with E-state index < -0.39 is 11.2 Å². The van der Waals surface area contributed by atoms with Crippen LogP contribution in [0.2, 0.25) is 5.02 Å². The predicted octanol–water partition coefficient (Wildman–Crippen LogP) is 2.29. The van der Waals surface area contributed by atoms with Gasteiger partial charge in [0.2, 0.25) is 5.91 Å². The number of nitrogens with two attached hydrogens (primary N) is 1. The van der Waals surface area contributed by atoms with E-state index in [2.05, 4.69) is 10.3 Å². The zero-order valence-corrected chi connectivity index (χ0v) is 17.1. The van der Waals surface area contributed by atoms with E-state index in [1.807, 2.05) is 30.3 Å². The van der Waals surface area contributed by atoms with E-state index in [1.165, 1.54) is 9.47 Å². The van der Waals surface area contributed by atoms with Crippen molar-refractivity contribution in [2.45, 2.75) is 13.5 Å². The Bertz CT molecular complexity index is 1140. The van der Waals surface area contributed by atoms with Crippen LogP contribution in [-0.2, 0) is 11.3 Å². The van der Waals surface area contributed by atoms with Crippen LogP contribution in [0.25, 0.3) is 0 Å². The number of aromatic amines is 1. The molecule has 1 heterocycles. The fourth-order valence-corrected chi connectivity index (χ4v) is 3.19. The van der Waals surface area contributed by atoms with E-state index in [9.17, 15) is 14.4 Å². The van der Waals surface area contributed by atoms with Crippen molar-refractivity contribution < 1.29 is 4.79 Å². The van der Waals surface area contributed by atoms with Gasteiger partial charge in [0.05, 0.1) is 13.1 Å². The molecule has 0 unspecified atom stereocenters. The van der Waals surface area contributed by atoms with E-state index in [0.29, 0.717) is 17.3 Å². The van der Waals surface area contributed by atoms with Gasteiger partial charge in [-0.1, -0.05) is 41.9 Å². The summed E-state index contributed by atoms with van der Waals surface area (Å²) in [6.07, 6.45) is 0. The fraction of sp³-hybridized carbons (Fsp3) is 0.190. The summed E-state index contributed by atoms with van der Waals surface area (Å²) in [6, 6.07) is 16.0. The number of halogens is 1. The highest BCUT2D eigenvalue weighted by Gasteiger charge is 2.20. The van der Waals surface area contributed by atoms with Gasteiger partial charge in [-0.2, -0.15) is 0 Å². The third-order valence-corrected chi connectivity index (χ3v) is 4.81. The fourth-order valence-electron chi connectivity index (χ4n) is 3.06. The SMILES string of the molecule is CCN(CC(=O)Nc1ccc(Cl)cc1)c1c(N)n(Cc2ccccc2)c(=O)[nH]c1=O. The molecule has 0 fully saturated rings. The number of nitrogens with one attached hydrogen (secondary N) is 2.